The molecular weight excluding hydrogens is 332 g/mol. The Morgan fingerprint density at radius 2 is 2.00 bits per heavy atom. The average Bonchev–Trinajstić information content (AvgIpc) is 2.55. The lowest BCUT2D eigenvalue weighted by atomic mass is 10.1. The van der Waals surface area contributed by atoms with Crippen LogP contribution in [0.4, 0.5) is 5.95 Å². The van der Waals surface area contributed by atoms with Crippen LogP contribution in [-0.2, 0) is 11.2 Å². The SMILES string of the molecule is C=CC(=O)Cc1ccccc1Oc1nc(NC(C)(C)C)ncc1C(N)=O. The molecule has 0 spiro atoms. The minimum absolute atomic E-state index is 0.0257. The van der Waals surface area contributed by atoms with Crippen molar-refractivity contribution in [2.75, 3.05) is 5.32 Å². The third-order valence-corrected chi connectivity index (χ3v) is 3.28. The number of aromatic nitrogens is 2. The molecule has 0 bridgehead atoms. The molecule has 0 saturated carbocycles. The number of allylic oxidation sites excluding steroid dienone is 1. The summed E-state index contributed by atoms with van der Waals surface area (Å²) in [5.41, 5.74) is 5.82. The van der Waals surface area contributed by atoms with Crippen LogP contribution >= 0.6 is 0 Å². The summed E-state index contributed by atoms with van der Waals surface area (Å²) in [4.78, 5) is 31.7. The number of hydrogen-bond acceptors (Lipinski definition) is 6. The van der Waals surface area contributed by atoms with E-state index in [2.05, 4.69) is 21.9 Å². The molecule has 0 aliphatic heterocycles. The van der Waals surface area contributed by atoms with Gasteiger partial charge in [0.15, 0.2) is 5.78 Å². The maximum atomic E-state index is 11.7. The Morgan fingerprint density at radius 3 is 2.62 bits per heavy atom. The number of anilines is 1. The van der Waals surface area contributed by atoms with Gasteiger partial charge in [0.2, 0.25) is 11.8 Å². The highest BCUT2D eigenvalue weighted by molar-refractivity contribution is 5.95. The fourth-order valence-corrected chi connectivity index (χ4v) is 2.12. The minimum atomic E-state index is -0.707. The van der Waals surface area contributed by atoms with Crippen molar-refractivity contribution < 1.29 is 14.3 Å². The Kier molecular flexibility index (Phi) is 5.71. The number of benzene rings is 1. The fraction of sp³-hybridized carbons (Fsp3) is 0.263. The van der Waals surface area contributed by atoms with E-state index in [0.717, 1.165) is 0 Å². The second-order valence-electron chi connectivity index (χ2n) is 6.71. The van der Waals surface area contributed by atoms with E-state index in [1.165, 1.54) is 12.3 Å². The van der Waals surface area contributed by atoms with Crippen LogP contribution in [0.25, 0.3) is 0 Å². The largest absolute Gasteiger partial charge is 0.438 e. The number of ether oxygens (including phenoxy) is 1. The molecule has 1 aromatic carbocycles. The van der Waals surface area contributed by atoms with Crippen molar-refractivity contribution in [2.24, 2.45) is 5.73 Å². The van der Waals surface area contributed by atoms with Crippen LogP contribution in [0.2, 0.25) is 0 Å². The molecule has 0 radical (unpaired) electrons. The zero-order chi connectivity index (χ0) is 19.3. The topological polar surface area (TPSA) is 107 Å². The number of ketones is 1. The fourth-order valence-electron chi connectivity index (χ4n) is 2.12. The predicted molar refractivity (Wildman–Crippen MR) is 99.3 cm³/mol. The standard InChI is InChI=1S/C19H22N4O3/c1-5-13(24)10-12-8-6-7-9-15(12)26-17-14(16(20)25)11-21-18(22-17)23-19(2,3)4/h5-9,11H,1,10H2,2-4H3,(H2,20,25)(H,21,22,23). The van der Waals surface area contributed by atoms with E-state index in [9.17, 15) is 9.59 Å². The Morgan fingerprint density at radius 1 is 1.31 bits per heavy atom. The van der Waals surface area contributed by atoms with Gasteiger partial charge in [-0.25, -0.2) is 4.98 Å². The zero-order valence-electron chi connectivity index (χ0n) is 15.1. The molecule has 7 nitrogen and oxygen atoms in total. The van der Waals surface area contributed by atoms with E-state index >= 15 is 0 Å². The monoisotopic (exact) mass is 354 g/mol. The summed E-state index contributed by atoms with van der Waals surface area (Å²) in [6.07, 6.45) is 2.70. The molecule has 0 atom stereocenters. The van der Waals surface area contributed by atoms with Crippen LogP contribution in [0.15, 0.2) is 43.1 Å². The van der Waals surface area contributed by atoms with E-state index in [4.69, 9.17) is 10.5 Å². The van der Waals surface area contributed by atoms with Crippen molar-refractivity contribution in [1.29, 1.82) is 0 Å². The van der Waals surface area contributed by atoms with Gasteiger partial charge in [0, 0.05) is 23.7 Å². The first-order valence-corrected chi connectivity index (χ1v) is 8.05. The Labute approximate surface area is 152 Å². The van der Waals surface area contributed by atoms with Gasteiger partial charge in [-0.1, -0.05) is 24.8 Å². The number of nitrogens with two attached hydrogens (primary N) is 1. The smallest absolute Gasteiger partial charge is 0.255 e. The van der Waals surface area contributed by atoms with Gasteiger partial charge >= 0.3 is 0 Å². The third kappa shape index (κ3) is 5.14. The number of para-hydroxylation sites is 1. The van der Waals surface area contributed by atoms with Gasteiger partial charge in [-0.05, 0) is 32.9 Å². The first-order chi connectivity index (χ1) is 12.2. The Bertz CT molecular complexity index is 841. The molecule has 2 rings (SSSR count). The summed E-state index contributed by atoms with van der Waals surface area (Å²) in [5.74, 6) is -0.114. The molecule has 1 amide bonds. The predicted octanol–water partition coefficient (Wildman–Crippen LogP) is 2.88. The number of rotatable bonds is 7. The van der Waals surface area contributed by atoms with Gasteiger partial charge in [0.1, 0.15) is 11.3 Å². The van der Waals surface area contributed by atoms with Crippen LogP contribution in [0.3, 0.4) is 0 Å². The lowest BCUT2D eigenvalue weighted by molar-refractivity contribution is -0.114. The van der Waals surface area contributed by atoms with Crippen molar-refractivity contribution in [2.45, 2.75) is 32.7 Å². The van der Waals surface area contributed by atoms with Gasteiger partial charge in [-0.2, -0.15) is 4.98 Å². The van der Waals surface area contributed by atoms with Gasteiger partial charge in [-0.15, -0.1) is 0 Å². The summed E-state index contributed by atoms with van der Waals surface area (Å²) >= 11 is 0. The summed E-state index contributed by atoms with van der Waals surface area (Å²) in [5, 5.41) is 3.11. The van der Waals surface area contributed by atoms with E-state index in [1.54, 1.807) is 24.3 Å². The maximum absolute atomic E-state index is 11.7. The van der Waals surface area contributed by atoms with Crippen molar-refractivity contribution in [1.82, 2.24) is 9.97 Å². The number of nitrogens with zero attached hydrogens (tertiary/aromatic N) is 2. The molecule has 26 heavy (non-hydrogen) atoms. The molecule has 0 aliphatic rings. The molecule has 3 N–H and O–H groups in total. The highest BCUT2D eigenvalue weighted by atomic mass is 16.5. The number of carbonyl (C=O) groups is 2. The number of hydrogen-bond donors (Lipinski definition) is 2. The van der Waals surface area contributed by atoms with Crippen LogP contribution in [-0.4, -0.2) is 27.2 Å². The third-order valence-electron chi connectivity index (χ3n) is 3.28. The lowest BCUT2D eigenvalue weighted by Crippen LogP contribution is -2.27. The molecule has 7 heteroatoms. The zero-order valence-corrected chi connectivity index (χ0v) is 15.1. The van der Waals surface area contributed by atoms with Crippen LogP contribution in [0, 0.1) is 0 Å². The second kappa shape index (κ2) is 7.77. The normalized spacial score (nSPS) is 10.9. The Balaban J connectivity index is 2.41. The summed E-state index contributed by atoms with van der Waals surface area (Å²) < 4.78 is 5.82. The van der Waals surface area contributed by atoms with Gasteiger partial charge < -0.3 is 15.8 Å². The summed E-state index contributed by atoms with van der Waals surface area (Å²) in [6.45, 7) is 9.33. The number of amides is 1. The van der Waals surface area contributed by atoms with Crippen molar-refractivity contribution in [3.8, 4) is 11.6 Å². The first-order valence-electron chi connectivity index (χ1n) is 8.05. The molecule has 136 valence electrons. The quantitative estimate of drug-likeness (QED) is 0.740. The highest BCUT2D eigenvalue weighted by Crippen LogP contribution is 2.28. The lowest BCUT2D eigenvalue weighted by Gasteiger charge is -2.21. The van der Waals surface area contributed by atoms with E-state index in [-0.39, 0.29) is 29.2 Å². The van der Waals surface area contributed by atoms with Crippen molar-refractivity contribution in [3.05, 3.63) is 54.2 Å². The number of nitrogens with one attached hydrogen (secondary N) is 1. The van der Waals surface area contributed by atoms with Crippen LogP contribution in [0.5, 0.6) is 11.6 Å². The molecule has 0 unspecified atom stereocenters. The highest BCUT2D eigenvalue weighted by Gasteiger charge is 2.18. The number of primary amides is 1. The molecule has 0 aliphatic carbocycles. The molecule has 0 saturated heterocycles. The average molecular weight is 354 g/mol. The first kappa shape index (κ1) is 19.1. The molecule has 0 fully saturated rings. The second-order valence-corrected chi connectivity index (χ2v) is 6.71. The van der Waals surface area contributed by atoms with Gasteiger partial charge in [0.25, 0.3) is 5.91 Å². The maximum Gasteiger partial charge on any atom is 0.255 e. The van der Waals surface area contributed by atoms with Crippen molar-refractivity contribution >= 4 is 17.6 Å². The van der Waals surface area contributed by atoms with Crippen LogP contribution in [0.1, 0.15) is 36.7 Å². The van der Waals surface area contributed by atoms with Crippen molar-refractivity contribution in [3.63, 3.8) is 0 Å². The number of carbonyl (C=O) groups excluding carboxylic acids is 2. The molecule has 1 heterocycles. The molecule has 1 aromatic heterocycles. The summed E-state index contributed by atoms with van der Waals surface area (Å²) in [7, 11) is 0. The molecule has 2 aromatic rings. The molecular formula is C19H22N4O3. The van der Waals surface area contributed by atoms with Gasteiger partial charge in [0.05, 0.1) is 0 Å². The van der Waals surface area contributed by atoms with E-state index in [1.807, 2.05) is 20.8 Å². The minimum Gasteiger partial charge on any atom is -0.438 e. The summed E-state index contributed by atoms with van der Waals surface area (Å²) in [6, 6.07) is 7.00. The van der Waals surface area contributed by atoms with Gasteiger partial charge in [-0.3, -0.25) is 9.59 Å². The Hall–Kier alpha value is -3.22. The van der Waals surface area contributed by atoms with Crippen LogP contribution < -0.4 is 15.8 Å². The van der Waals surface area contributed by atoms with E-state index < -0.39 is 5.91 Å². The van der Waals surface area contributed by atoms with E-state index in [0.29, 0.717) is 17.3 Å².